The van der Waals surface area contributed by atoms with E-state index in [1.54, 1.807) is 6.92 Å². The molecule has 0 spiro atoms. The highest BCUT2D eigenvalue weighted by Crippen LogP contribution is 2.12. The summed E-state index contributed by atoms with van der Waals surface area (Å²) in [5.74, 6) is -0.323. The van der Waals surface area contributed by atoms with E-state index in [0.717, 1.165) is 39.0 Å². The van der Waals surface area contributed by atoms with Crippen LogP contribution in [0.5, 0.6) is 0 Å². The lowest BCUT2D eigenvalue weighted by Gasteiger charge is -2.23. The molecular weight excluding hydrogens is 254 g/mol. The van der Waals surface area contributed by atoms with Crippen molar-refractivity contribution >= 4 is 5.97 Å². The van der Waals surface area contributed by atoms with Gasteiger partial charge < -0.3 is 20.3 Å². The lowest BCUT2D eigenvalue weighted by atomic mass is 9.96. The number of unbranched alkanes of at least 4 members (excludes halogenated alkanes) is 1. The first-order valence-corrected chi connectivity index (χ1v) is 7.58. The molecule has 20 heavy (non-hydrogen) atoms. The van der Waals surface area contributed by atoms with Gasteiger partial charge in [0.2, 0.25) is 0 Å². The molecule has 0 heterocycles. The van der Waals surface area contributed by atoms with Crippen LogP contribution >= 0.6 is 0 Å². The number of carbonyl (C=O) groups is 1. The number of hydrogen-bond acceptors (Lipinski definition) is 5. The maximum Gasteiger partial charge on any atom is 0.325 e. The largest absolute Gasteiger partial charge is 0.468 e. The van der Waals surface area contributed by atoms with Gasteiger partial charge in [0.15, 0.2) is 0 Å². The van der Waals surface area contributed by atoms with Gasteiger partial charge in [-0.05, 0) is 72.9 Å². The summed E-state index contributed by atoms with van der Waals surface area (Å²) in [6.07, 6.45) is 3.89. The summed E-state index contributed by atoms with van der Waals surface area (Å²) >= 11 is 0. The van der Waals surface area contributed by atoms with Crippen LogP contribution < -0.4 is 5.73 Å². The summed E-state index contributed by atoms with van der Waals surface area (Å²) < 4.78 is 4.71. The summed E-state index contributed by atoms with van der Waals surface area (Å²) in [4.78, 5) is 16.1. The number of rotatable bonds is 11. The Balaban J connectivity index is 3.82. The molecule has 5 heteroatoms. The third kappa shape index (κ3) is 8.51. The molecule has 120 valence electrons. The first-order chi connectivity index (χ1) is 9.33. The van der Waals surface area contributed by atoms with E-state index < -0.39 is 5.54 Å². The van der Waals surface area contributed by atoms with Gasteiger partial charge in [-0.1, -0.05) is 6.92 Å². The minimum atomic E-state index is -0.850. The van der Waals surface area contributed by atoms with Crippen LogP contribution in [0.1, 0.15) is 39.5 Å². The highest BCUT2D eigenvalue weighted by Gasteiger charge is 2.28. The molecule has 0 saturated carbocycles. The van der Waals surface area contributed by atoms with E-state index in [-0.39, 0.29) is 5.97 Å². The van der Waals surface area contributed by atoms with Crippen LogP contribution in [-0.4, -0.2) is 68.7 Å². The van der Waals surface area contributed by atoms with Gasteiger partial charge >= 0.3 is 5.97 Å². The first-order valence-electron chi connectivity index (χ1n) is 7.58. The average Bonchev–Trinajstić information content (AvgIpc) is 2.39. The fourth-order valence-corrected chi connectivity index (χ4v) is 2.20. The Hall–Kier alpha value is -0.650. The Kier molecular flexibility index (Phi) is 9.80. The number of esters is 1. The number of nitrogens with zero attached hydrogens (tertiary/aromatic N) is 2. The summed E-state index contributed by atoms with van der Waals surface area (Å²) in [7, 11) is 5.59. The molecule has 0 fully saturated rings. The highest BCUT2D eigenvalue weighted by atomic mass is 16.5. The van der Waals surface area contributed by atoms with Crippen molar-refractivity contribution < 1.29 is 9.53 Å². The number of ether oxygens (including phenoxy) is 1. The molecule has 5 nitrogen and oxygen atoms in total. The van der Waals surface area contributed by atoms with E-state index in [1.807, 2.05) is 0 Å². The Morgan fingerprint density at radius 2 is 1.75 bits per heavy atom. The molecule has 1 atom stereocenters. The number of hydrogen-bond donors (Lipinski definition) is 1. The minimum Gasteiger partial charge on any atom is -0.468 e. The van der Waals surface area contributed by atoms with Crippen molar-refractivity contribution in [3.8, 4) is 0 Å². The molecule has 0 aliphatic rings. The van der Waals surface area contributed by atoms with Crippen molar-refractivity contribution in [1.82, 2.24) is 9.80 Å². The van der Waals surface area contributed by atoms with Gasteiger partial charge in [0.05, 0.1) is 7.11 Å². The lowest BCUT2D eigenvalue weighted by Crippen LogP contribution is -2.45. The maximum atomic E-state index is 11.5. The van der Waals surface area contributed by atoms with E-state index in [0.29, 0.717) is 6.42 Å². The predicted octanol–water partition coefficient (Wildman–Crippen LogP) is 1.32. The molecule has 0 rings (SSSR count). The molecule has 0 aliphatic heterocycles. The minimum absolute atomic E-state index is 0.323. The standard InChI is InChI=1S/C15H33N3O2/c1-6-18(13-9-11-17(3)4)12-8-7-10-15(2,16)14(19)20-5/h6-13,16H2,1-5H3. The van der Waals surface area contributed by atoms with E-state index in [1.165, 1.54) is 13.5 Å². The molecule has 0 saturated heterocycles. The Labute approximate surface area is 124 Å². The molecular formula is C15H33N3O2. The fourth-order valence-electron chi connectivity index (χ4n) is 2.20. The quantitative estimate of drug-likeness (QED) is 0.459. The zero-order valence-corrected chi connectivity index (χ0v) is 13.9. The lowest BCUT2D eigenvalue weighted by molar-refractivity contribution is -0.146. The molecule has 0 aliphatic carbocycles. The van der Waals surface area contributed by atoms with E-state index in [9.17, 15) is 4.79 Å². The molecule has 2 N–H and O–H groups in total. The molecule has 1 unspecified atom stereocenters. The third-order valence-corrected chi connectivity index (χ3v) is 3.60. The van der Waals surface area contributed by atoms with Gasteiger partial charge in [-0.15, -0.1) is 0 Å². The van der Waals surface area contributed by atoms with Crippen molar-refractivity contribution in [2.24, 2.45) is 5.73 Å². The van der Waals surface area contributed by atoms with E-state index in [2.05, 4.69) is 30.8 Å². The second-order valence-corrected chi connectivity index (χ2v) is 5.96. The van der Waals surface area contributed by atoms with Gasteiger partial charge in [-0.3, -0.25) is 4.79 Å². The van der Waals surface area contributed by atoms with Crippen molar-refractivity contribution in [2.75, 3.05) is 47.4 Å². The van der Waals surface area contributed by atoms with Crippen molar-refractivity contribution in [2.45, 2.75) is 45.1 Å². The topological polar surface area (TPSA) is 58.8 Å². The Bertz CT molecular complexity index is 268. The van der Waals surface area contributed by atoms with Gasteiger partial charge in [0.25, 0.3) is 0 Å². The number of nitrogens with two attached hydrogens (primary N) is 1. The predicted molar refractivity (Wildman–Crippen MR) is 83.7 cm³/mol. The SMILES string of the molecule is CCN(CCCCC(C)(N)C(=O)OC)CCCN(C)C. The normalized spacial score (nSPS) is 14.6. The number of carbonyl (C=O) groups excluding carboxylic acids is 1. The van der Waals surface area contributed by atoms with Crippen LogP contribution in [0.25, 0.3) is 0 Å². The van der Waals surface area contributed by atoms with Crippen LogP contribution in [0, 0.1) is 0 Å². The zero-order valence-electron chi connectivity index (χ0n) is 13.9. The van der Waals surface area contributed by atoms with Gasteiger partial charge in [-0.25, -0.2) is 0 Å². The van der Waals surface area contributed by atoms with Crippen LogP contribution in [0.4, 0.5) is 0 Å². The van der Waals surface area contributed by atoms with Crippen LogP contribution in [-0.2, 0) is 9.53 Å². The smallest absolute Gasteiger partial charge is 0.325 e. The summed E-state index contributed by atoms with van der Waals surface area (Å²) in [6.45, 7) is 8.33. The molecule has 0 aromatic carbocycles. The monoisotopic (exact) mass is 287 g/mol. The van der Waals surface area contributed by atoms with Crippen molar-refractivity contribution in [1.29, 1.82) is 0 Å². The Morgan fingerprint density at radius 1 is 1.15 bits per heavy atom. The van der Waals surface area contributed by atoms with Gasteiger partial charge in [-0.2, -0.15) is 0 Å². The van der Waals surface area contributed by atoms with Crippen LogP contribution in [0.15, 0.2) is 0 Å². The Morgan fingerprint density at radius 3 is 2.25 bits per heavy atom. The first kappa shape index (κ1) is 19.4. The fraction of sp³-hybridized carbons (Fsp3) is 0.933. The molecule has 0 aromatic rings. The number of methoxy groups -OCH3 is 1. The van der Waals surface area contributed by atoms with Crippen molar-refractivity contribution in [3.05, 3.63) is 0 Å². The van der Waals surface area contributed by atoms with Crippen LogP contribution in [0.2, 0.25) is 0 Å². The second kappa shape index (κ2) is 10.1. The van der Waals surface area contributed by atoms with Crippen LogP contribution in [0.3, 0.4) is 0 Å². The molecule has 0 bridgehead atoms. The summed E-state index contributed by atoms with van der Waals surface area (Å²) in [5.41, 5.74) is 5.09. The molecule has 0 radical (unpaired) electrons. The van der Waals surface area contributed by atoms with Crippen molar-refractivity contribution in [3.63, 3.8) is 0 Å². The second-order valence-electron chi connectivity index (χ2n) is 5.96. The highest BCUT2D eigenvalue weighted by molar-refractivity contribution is 5.79. The van der Waals surface area contributed by atoms with Gasteiger partial charge in [0, 0.05) is 0 Å². The molecule has 0 aromatic heterocycles. The molecule has 0 amide bonds. The van der Waals surface area contributed by atoms with E-state index in [4.69, 9.17) is 10.5 Å². The maximum absolute atomic E-state index is 11.5. The van der Waals surface area contributed by atoms with E-state index >= 15 is 0 Å². The van der Waals surface area contributed by atoms with Gasteiger partial charge in [0.1, 0.15) is 5.54 Å². The average molecular weight is 287 g/mol. The summed E-state index contributed by atoms with van der Waals surface area (Å²) in [5, 5.41) is 0. The summed E-state index contributed by atoms with van der Waals surface area (Å²) in [6, 6.07) is 0. The zero-order chi connectivity index (χ0) is 15.6. The third-order valence-electron chi connectivity index (χ3n) is 3.60.